The van der Waals surface area contributed by atoms with Gasteiger partial charge in [0, 0.05) is 33.9 Å². The number of esters is 1. The zero-order chi connectivity index (χ0) is 22.7. The van der Waals surface area contributed by atoms with Crippen molar-refractivity contribution in [2.75, 3.05) is 6.61 Å². The average molecular weight is 430 g/mol. The maximum Gasteiger partial charge on any atom is 0.379 e. The summed E-state index contributed by atoms with van der Waals surface area (Å²) in [5.74, 6) is -1.71. The Morgan fingerprint density at radius 1 is 0.906 bits per heavy atom. The van der Waals surface area contributed by atoms with Gasteiger partial charge in [0.15, 0.2) is 0 Å². The number of aliphatic hydroxyl groups excluding tert-OH is 1. The molecule has 32 heavy (non-hydrogen) atoms. The average Bonchev–Trinajstić information content (AvgIpc) is 3.14. The fraction of sp³-hybridized carbons (Fsp3) is 0.259. The lowest BCUT2D eigenvalue weighted by Gasteiger charge is -2.14. The van der Waals surface area contributed by atoms with Gasteiger partial charge in [-0.3, -0.25) is 4.79 Å². The maximum absolute atomic E-state index is 12.7. The second-order valence-electron chi connectivity index (χ2n) is 8.38. The molecule has 0 aliphatic carbocycles. The Hall–Kier alpha value is -3.44. The van der Waals surface area contributed by atoms with Crippen LogP contribution >= 0.6 is 0 Å². The van der Waals surface area contributed by atoms with E-state index in [0.29, 0.717) is 0 Å². The molecular weight excluding hydrogens is 402 g/mol. The summed E-state index contributed by atoms with van der Waals surface area (Å²) in [6.45, 7) is 4.25. The number of hydrogen-bond donors (Lipinski definition) is 1. The number of aryl methyl sites for hydroxylation is 2. The van der Waals surface area contributed by atoms with Crippen LogP contribution in [0.15, 0.2) is 72.8 Å². The number of nitrogens with zero attached hydrogens (tertiary/aromatic N) is 1. The number of aliphatic hydroxyl groups is 1. The lowest BCUT2D eigenvalue weighted by Crippen LogP contribution is -2.27. The number of aromatic nitrogens is 1. The second kappa shape index (κ2) is 9.37. The van der Waals surface area contributed by atoms with Crippen molar-refractivity contribution < 1.29 is 19.4 Å². The Morgan fingerprint density at radius 2 is 1.59 bits per heavy atom. The van der Waals surface area contributed by atoms with E-state index in [1.165, 1.54) is 5.56 Å². The van der Waals surface area contributed by atoms with E-state index in [2.05, 4.69) is 22.8 Å². The zero-order valence-electron chi connectivity index (χ0n) is 18.3. The summed E-state index contributed by atoms with van der Waals surface area (Å²) >= 11 is 0. The van der Waals surface area contributed by atoms with Gasteiger partial charge in [-0.15, -0.1) is 0 Å². The first kappa shape index (κ1) is 21.8. The summed E-state index contributed by atoms with van der Waals surface area (Å²) in [5.41, 5.74) is 3.65. The number of fused-ring (bicyclic) bond motifs is 3. The molecule has 0 spiro atoms. The van der Waals surface area contributed by atoms with Crippen LogP contribution in [0.25, 0.3) is 21.8 Å². The molecule has 0 bridgehead atoms. The summed E-state index contributed by atoms with van der Waals surface area (Å²) in [4.78, 5) is 24.9. The van der Waals surface area contributed by atoms with Gasteiger partial charge >= 0.3 is 5.97 Å². The van der Waals surface area contributed by atoms with E-state index in [0.717, 1.165) is 34.8 Å². The van der Waals surface area contributed by atoms with Gasteiger partial charge in [-0.2, -0.15) is 0 Å². The molecule has 0 saturated heterocycles. The Morgan fingerprint density at radius 3 is 2.34 bits per heavy atom. The second-order valence-corrected chi connectivity index (χ2v) is 8.38. The smallest absolute Gasteiger partial charge is 0.379 e. The third-order valence-corrected chi connectivity index (χ3v) is 5.84. The van der Waals surface area contributed by atoms with Gasteiger partial charge in [-0.1, -0.05) is 62.4 Å². The van der Waals surface area contributed by atoms with Crippen LogP contribution in [0, 0.1) is 5.92 Å². The van der Waals surface area contributed by atoms with Crippen molar-refractivity contribution in [3.63, 3.8) is 0 Å². The lowest BCUT2D eigenvalue weighted by molar-refractivity contribution is -0.141. The van der Waals surface area contributed by atoms with Crippen molar-refractivity contribution in [2.24, 2.45) is 5.92 Å². The molecule has 4 rings (SSSR count). The summed E-state index contributed by atoms with van der Waals surface area (Å²) in [7, 11) is 0. The van der Waals surface area contributed by atoms with Crippen molar-refractivity contribution in [1.29, 1.82) is 0 Å². The van der Waals surface area contributed by atoms with Gasteiger partial charge in [-0.05, 0) is 42.2 Å². The number of para-hydroxylation sites is 1. The van der Waals surface area contributed by atoms with Crippen LogP contribution in [0.5, 0.6) is 0 Å². The van der Waals surface area contributed by atoms with E-state index >= 15 is 0 Å². The van der Waals surface area contributed by atoms with Crippen LogP contribution < -0.4 is 0 Å². The minimum absolute atomic E-state index is 0.0590. The molecule has 164 valence electrons. The van der Waals surface area contributed by atoms with E-state index in [9.17, 15) is 14.7 Å². The number of Topliss-reactive ketones (excluding diaryl/α,β-unsaturated/α-hetero) is 1. The molecule has 0 amide bonds. The molecule has 5 heteroatoms. The topological polar surface area (TPSA) is 68.5 Å². The monoisotopic (exact) mass is 429 g/mol. The Balaban J connectivity index is 1.63. The molecule has 3 aromatic carbocycles. The molecule has 1 heterocycles. The number of carbonyl (C=O) groups is 2. The van der Waals surface area contributed by atoms with Crippen molar-refractivity contribution >= 4 is 33.6 Å². The van der Waals surface area contributed by atoms with Gasteiger partial charge in [-0.25, -0.2) is 4.79 Å². The lowest BCUT2D eigenvalue weighted by atomic mass is 10.1. The molecule has 1 unspecified atom stereocenters. The number of carbonyl (C=O) groups excluding carboxylic acids is 2. The van der Waals surface area contributed by atoms with Gasteiger partial charge in [0.1, 0.15) is 6.61 Å². The van der Waals surface area contributed by atoms with E-state index in [1.54, 1.807) is 12.1 Å². The summed E-state index contributed by atoms with van der Waals surface area (Å²) in [6.07, 6.45) is 0.0941. The SMILES string of the molecule is CC(C)C(O)COC(=O)C(=O)c1ccc2c(c1)c1ccccc1n2CCc1ccccc1. The Bertz CT molecular complexity index is 1260. The van der Waals surface area contributed by atoms with Gasteiger partial charge in [0.2, 0.25) is 0 Å². The van der Waals surface area contributed by atoms with Crippen molar-refractivity contribution in [3.8, 4) is 0 Å². The van der Waals surface area contributed by atoms with Gasteiger partial charge in [0.05, 0.1) is 6.10 Å². The normalized spacial score (nSPS) is 12.4. The van der Waals surface area contributed by atoms with Crippen LogP contribution in [0.4, 0.5) is 0 Å². The van der Waals surface area contributed by atoms with E-state index < -0.39 is 17.9 Å². The number of ether oxygens (including phenoxy) is 1. The highest BCUT2D eigenvalue weighted by Gasteiger charge is 2.22. The van der Waals surface area contributed by atoms with E-state index in [1.807, 2.05) is 56.3 Å². The summed E-state index contributed by atoms with van der Waals surface area (Å²) < 4.78 is 7.28. The molecule has 1 N–H and O–H groups in total. The van der Waals surface area contributed by atoms with E-state index in [-0.39, 0.29) is 18.1 Å². The molecule has 4 aromatic rings. The molecule has 0 radical (unpaired) electrons. The third kappa shape index (κ3) is 4.43. The fourth-order valence-corrected chi connectivity index (χ4v) is 3.86. The minimum Gasteiger partial charge on any atom is -0.457 e. The highest BCUT2D eigenvalue weighted by atomic mass is 16.5. The molecule has 5 nitrogen and oxygen atoms in total. The van der Waals surface area contributed by atoms with Crippen molar-refractivity contribution in [2.45, 2.75) is 32.9 Å². The first-order chi connectivity index (χ1) is 15.5. The van der Waals surface area contributed by atoms with Crippen LogP contribution in [0.3, 0.4) is 0 Å². The molecule has 1 atom stereocenters. The largest absolute Gasteiger partial charge is 0.457 e. The molecule has 0 aliphatic rings. The molecule has 1 aromatic heterocycles. The van der Waals surface area contributed by atoms with Crippen LogP contribution in [0.1, 0.15) is 29.8 Å². The summed E-state index contributed by atoms with van der Waals surface area (Å²) in [5, 5.41) is 11.8. The first-order valence-electron chi connectivity index (χ1n) is 10.9. The van der Waals surface area contributed by atoms with Crippen LogP contribution in [-0.2, 0) is 22.5 Å². The predicted octanol–water partition coefficient (Wildman–Crippen LogP) is 4.78. The Labute approximate surface area is 187 Å². The highest BCUT2D eigenvalue weighted by molar-refractivity contribution is 6.41. The van der Waals surface area contributed by atoms with Crippen molar-refractivity contribution in [1.82, 2.24) is 4.57 Å². The highest BCUT2D eigenvalue weighted by Crippen LogP contribution is 2.30. The van der Waals surface area contributed by atoms with E-state index in [4.69, 9.17) is 4.74 Å². The summed E-state index contributed by atoms with van der Waals surface area (Å²) in [6, 6.07) is 23.7. The standard InChI is InChI=1S/C27H27NO4/c1-18(2)25(29)17-32-27(31)26(30)20-12-13-24-22(16-20)21-10-6-7-11-23(21)28(24)15-14-19-8-4-3-5-9-19/h3-13,16,18,25,29H,14-15,17H2,1-2H3. The number of benzene rings is 3. The molecule has 0 fully saturated rings. The van der Waals surface area contributed by atoms with Gasteiger partial charge < -0.3 is 14.4 Å². The maximum atomic E-state index is 12.7. The number of hydrogen-bond acceptors (Lipinski definition) is 4. The third-order valence-electron chi connectivity index (χ3n) is 5.84. The first-order valence-corrected chi connectivity index (χ1v) is 10.9. The molecule has 0 saturated carbocycles. The Kier molecular flexibility index (Phi) is 6.37. The fourth-order valence-electron chi connectivity index (χ4n) is 3.86. The molecular formula is C27H27NO4. The molecule has 0 aliphatic heterocycles. The number of ketones is 1. The van der Waals surface area contributed by atoms with Crippen LogP contribution in [-0.4, -0.2) is 34.1 Å². The number of rotatable bonds is 8. The zero-order valence-corrected chi connectivity index (χ0v) is 18.3. The quantitative estimate of drug-likeness (QED) is 0.249. The predicted molar refractivity (Wildman–Crippen MR) is 126 cm³/mol. The minimum atomic E-state index is -0.947. The van der Waals surface area contributed by atoms with Crippen molar-refractivity contribution in [3.05, 3.63) is 83.9 Å². The van der Waals surface area contributed by atoms with Crippen LogP contribution in [0.2, 0.25) is 0 Å². The van der Waals surface area contributed by atoms with Gasteiger partial charge in [0.25, 0.3) is 5.78 Å².